The van der Waals surface area contributed by atoms with Crippen molar-refractivity contribution in [1.29, 1.82) is 0 Å². The van der Waals surface area contributed by atoms with Gasteiger partial charge in [0.05, 0.1) is 5.69 Å². The fourth-order valence-electron chi connectivity index (χ4n) is 4.11. The first-order valence-electron chi connectivity index (χ1n) is 9.10. The van der Waals surface area contributed by atoms with Crippen LogP contribution < -0.4 is 10.6 Å². The third kappa shape index (κ3) is 3.09. The molecule has 1 aliphatic heterocycles. The predicted octanol–water partition coefficient (Wildman–Crippen LogP) is 3.06. The molecule has 1 saturated carbocycles. The molecular formula is C20H25N3O2. The minimum absolute atomic E-state index is 0.0505. The molecule has 5 heteroatoms. The zero-order valence-corrected chi connectivity index (χ0v) is 14.8. The summed E-state index contributed by atoms with van der Waals surface area (Å²) in [6.45, 7) is 6.37. The van der Waals surface area contributed by atoms with Gasteiger partial charge >= 0.3 is 0 Å². The summed E-state index contributed by atoms with van der Waals surface area (Å²) in [5.74, 6) is 0.887. The lowest BCUT2D eigenvalue weighted by Crippen LogP contribution is -2.28. The Bertz CT molecular complexity index is 747. The second-order valence-electron chi connectivity index (χ2n) is 7.80. The Morgan fingerprint density at radius 1 is 1.24 bits per heavy atom. The average Bonchev–Trinajstić information content (AvgIpc) is 3.00. The maximum Gasteiger partial charge on any atom is 0.290 e. The molecule has 2 aliphatic rings. The summed E-state index contributed by atoms with van der Waals surface area (Å²) in [6, 6.07) is 12.3. The molecule has 132 valence electrons. The molecule has 1 amide bonds. The van der Waals surface area contributed by atoms with Gasteiger partial charge in [-0.3, -0.25) is 4.79 Å². The van der Waals surface area contributed by atoms with Crippen LogP contribution in [0.5, 0.6) is 0 Å². The standard InChI is InChI=1S/C20H25N3O2/c1-20(2)17(14-6-4-3-5-7-14)18(20)22-19(24)16-12-15(23-25-16)13-8-10-21-11-9-13/h3-7,12-13,17-18,21H,8-11H2,1-2H3,(H,22,24)/t17-,18-/m0/s1. The maximum absolute atomic E-state index is 12.6. The average molecular weight is 339 g/mol. The molecule has 5 nitrogen and oxygen atoms in total. The summed E-state index contributed by atoms with van der Waals surface area (Å²) in [4.78, 5) is 12.6. The lowest BCUT2D eigenvalue weighted by Gasteiger charge is -2.19. The van der Waals surface area contributed by atoms with Gasteiger partial charge in [-0.2, -0.15) is 0 Å². The highest BCUT2D eigenvalue weighted by Gasteiger charge is 2.59. The van der Waals surface area contributed by atoms with Crippen LogP contribution in [0.1, 0.15) is 60.3 Å². The number of carbonyl (C=O) groups is 1. The molecule has 2 heterocycles. The molecule has 0 bridgehead atoms. The van der Waals surface area contributed by atoms with Gasteiger partial charge in [0.25, 0.3) is 5.91 Å². The number of amides is 1. The highest BCUT2D eigenvalue weighted by molar-refractivity contribution is 5.92. The van der Waals surface area contributed by atoms with E-state index in [0.29, 0.717) is 17.6 Å². The summed E-state index contributed by atoms with van der Waals surface area (Å²) in [5.41, 5.74) is 2.22. The van der Waals surface area contributed by atoms with Crippen molar-refractivity contribution in [3.05, 3.63) is 53.4 Å². The molecule has 0 radical (unpaired) electrons. The molecule has 2 atom stereocenters. The minimum atomic E-state index is -0.163. The van der Waals surface area contributed by atoms with Gasteiger partial charge in [0, 0.05) is 23.9 Å². The molecule has 1 aromatic carbocycles. The molecule has 0 unspecified atom stereocenters. The Labute approximate surface area is 148 Å². The first-order valence-corrected chi connectivity index (χ1v) is 9.10. The molecule has 1 aromatic heterocycles. The van der Waals surface area contributed by atoms with E-state index in [2.05, 4.69) is 41.8 Å². The minimum Gasteiger partial charge on any atom is -0.351 e. The van der Waals surface area contributed by atoms with Crippen LogP contribution in [0, 0.1) is 5.41 Å². The summed E-state index contributed by atoms with van der Waals surface area (Å²) in [7, 11) is 0. The van der Waals surface area contributed by atoms with Crippen LogP contribution >= 0.6 is 0 Å². The lowest BCUT2D eigenvalue weighted by atomic mass is 9.94. The molecule has 1 saturated heterocycles. The smallest absolute Gasteiger partial charge is 0.290 e. The second kappa shape index (κ2) is 6.30. The van der Waals surface area contributed by atoms with Gasteiger partial charge < -0.3 is 15.2 Å². The number of rotatable bonds is 4. The van der Waals surface area contributed by atoms with Crippen molar-refractivity contribution in [3.63, 3.8) is 0 Å². The summed E-state index contributed by atoms with van der Waals surface area (Å²) in [5, 5.41) is 10.6. The van der Waals surface area contributed by atoms with E-state index in [1.54, 1.807) is 0 Å². The van der Waals surface area contributed by atoms with Crippen molar-refractivity contribution in [2.75, 3.05) is 13.1 Å². The summed E-state index contributed by atoms with van der Waals surface area (Å²) in [6.07, 6.45) is 2.08. The van der Waals surface area contributed by atoms with Crippen molar-refractivity contribution in [3.8, 4) is 0 Å². The van der Waals surface area contributed by atoms with Crippen LogP contribution in [0.3, 0.4) is 0 Å². The van der Waals surface area contributed by atoms with E-state index in [1.807, 2.05) is 24.3 Å². The molecule has 2 N–H and O–H groups in total. The number of hydrogen-bond donors (Lipinski definition) is 2. The van der Waals surface area contributed by atoms with Crippen molar-refractivity contribution in [1.82, 2.24) is 15.8 Å². The van der Waals surface area contributed by atoms with Crippen molar-refractivity contribution in [2.24, 2.45) is 5.41 Å². The fourth-order valence-corrected chi connectivity index (χ4v) is 4.11. The monoisotopic (exact) mass is 339 g/mol. The van der Waals surface area contributed by atoms with Gasteiger partial charge in [-0.15, -0.1) is 0 Å². The number of nitrogens with zero attached hydrogens (tertiary/aromatic N) is 1. The second-order valence-corrected chi connectivity index (χ2v) is 7.80. The number of hydrogen-bond acceptors (Lipinski definition) is 4. The van der Waals surface area contributed by atoms with E-state index in [0.717, 1.165) is 31.6 Å². The van der Waals surface area contributed by atoms with Crippen LogP contribution in [0.4, 0.5) is 0 Å². The third-order valence-electron chi connectivity index (χ3n) is 5.78. The Kier molecular flexibility index (Phi) is 4.12. The van der Waals surface area contributed by atoms with Crippen molar-refractivity contribution >= 4 is 5.91 Å². The van der Waals surface area contributed by atoms with Crippen LogP contribution in [0.25, 0.3) is 0 Å². The predicted molar refractivity (Wildman–Crippen MR) is 95.6 cm³/mol. The topological polar surface area (TPSA) is 67.2 Å². The molecule has 1 aliphatic carbocycles. The Balaban J connectivity index is 1.43. The van der Waals surface area contributed by atoms with Gasteiger partial charge in [-0.1, -0.05) is 49.3 Å². The normalized spacial score (nSPS) is 25.5. The van der Waals surface area contributed by atoms with E-state index in [1.165, 1.54) is 5.56 Å². The first kappa shape index (κ1) is 16.3. The Morgan fingerprint density at radius 3 is 2.68 bits per heavy atom. The van der Waals surface area contributed by atoms with Gasteiger partial charge in [-0.05, 0) is 36.9 Å². The summed E-state index contributed by atoms with van der Waals surface area (Å²) >= 11 is 0. The van der Waals surface area contributed by atoms with Gasteiger partial charge in [-0.25, -0.2) is 0 Å². The van der Waals surface area contributed by atoms with E-state index < -0.39 is 0 Å². The van der Waals surface area contributed by atoms with Crippen LogP contribution in [0.15, 0.2) is 40.9 Å². The zero-order valence-electron chi connectivity index (χ0n) is 14.8. The molecular weight excluding hydrogens is 314 g/mol. The Hall–Kier alpha value is -2.14. The highest BCUT2D eigenvalue weighted by Crippen LogP contribution is 2.58. The van der Waals surface area contributed by atoms with Crippen LogP contribution in [-0.4, -0.2) is 30.2 Å². The van der Waals surface area contributed by atoms with E-state index in [-0.39, 0.29) is 17.4 Å². The number of benzene rings is 1. The van der Waals surface area contributed by atoms with Crippen molar-refractivity contribution < 1.29 is 9.32 Å². The van der Waals surface area contributed by atoms with Gasteiger partial charge in [0.2, 0.25) is 5.76 Å². The number of nitrogens with one attached hydrogen (secondary N) is 2. The molecule has 4 rings (SSSR count). The first-order chi connectivity index (χ1) is 12.1. The maximum atomic E-state index is 12.6. The number of aromatic nitrogens is 1. The van der Waals surface area contributed by atoms with E-state index in [9.17, 15) is 4.79 Å². The van der Waals surface area contributed by atoms with Gasteiger partial charge in [0.1, 0.15) is 0 Å². The van der Waals surface area contributed by atoms with Crippen molar-refractivity contribution in [2.45, 2.75) is 44.6 Å². The molecule has 2 aromatic rings. The largest absolute Gasteiger partial charge is 0.351 e. The zero-order chi connectivity index (χ0) is 17.4. The quantitative estimate of drug-likeness (QED) is 0.898. The molecule has 25 heavy (non-hydrogen) atoms. The molecule has 2 fully saturated rings. The fraction of sp³-hybridized carbons (Fsp3) is 0.500. The van der Waals surface area contributed by atoms with E-state index in [4.69, 9.17) is 4.52 Å². The van der Waals surface area contributed by atoms with Crippen LogP contribution in [-0.2, 0) is 0 Å². The number of piperidine rings is 1. The Morgan fingerprint density at radius 2 is 1.96 bits per heavy atom. The third-order valence-corrected chi connectivity index (χ3v) is 5.78. The number of carbonyl (C=O) groups excluding carboxylic acids is 1. The van der Waals surface area contributed by atoms with Gasteiger partial charge in [0.15, 0.2) is 0 Å². The molecule has 0 spiro atoms. The highest BCUT2D eigenvalue weighted by atomic mass is 16.5. The SMILES string of the molecule is CC1(C)[C@@H](NC(=O)c2cc(C3CCNCC3)no2)[C@@H]1c1ccccc1. The van der Waals surface area contributed by atoms with Crippen LogP contribution in [0.2, 0.25) is 0 Å². The summed E-state index contributed by atoms with van der Waals surface area (Å²) < 4.78 is 5.33. The lowest BCUT2D eigenvalue weighted by molar-refractivity contribution is 0.0908. The van der Waals surface area contributed by atoms with E-state index >= 15 is 0 Å².